The molecule has 3 aromatic carbocycles. The molecule has 0 aromatic heterocycles. The van der Waals surface area contributed by atoms with Gasteiger partial charge in [0.05, 0.1) is 5.70 Å². The molecule has 1 aliphatic carbocycles. The number of Topliss-reactive ketones (excluding diaryl/α,β-unsaturated/α-hetero) is 1. The molecule has 0 unspecified atom stereocenters. The number of rotatable bonds is 6. The number of hydrogen-bond acceptors (Lipinski definition) is 5. The fraction of sp³-hybridized carbons (Fsp3) is 0.0800. The third-order valence-corrected chi connectivity index (χ3v) is 5.60. The first-order valence-electron chi connectivity index (χ1n) is 10.00. The Labute approximate surface area is 193 Å². The zero-order valence-corrected chi connectivity index (χ0v) is 18.5. The van der Waals surface area contributed by atoms with Gasteiger partial charge < -0.3 is 15.8 Å². The average molecular weight is 490 g/mol. The van der Waals surface area contributed by atoms with Crippen LogP contribution in [0.4, 0.5) is 5.69 Å². The van der Waals surface area contributed by atoms with Crippen LogP contribution in [0.15, 0.2) is 100 Å². The predicted octanol–water partition coefficient (Wildman–Crippen LogP) is 4.55. The number of fused-ring (bicyclic) bond motifs is 1. The fourth-order valence-electron chi connectivity index (χ4n) is 3.56. The van der Waals surface area contributed by atoms with Gasteiger partial charge in [-0.25, -0.2) is 0 Å². The second kappa shape index (κ2) is 9.62. The summed E-state index contributed by atoms with van der Waals surface area (Å²) in [6.45, 7) is 0. The third-order valence-electron chi connectivity index (χ3n) is 5.10. The largest absolute Gasteiger partial charge is 0.410 e. The zero-order chi connectivity index (χ0) is 22.5. The Balaban J connectivity index is 1.63. The van der Waals surface area contributed by atoms with Gasteiger partial charge in [-0.05, 0) is 29.8 Å². The molecule has 0 heterocycles. The number of carbonyl (C=O) groups is 2. The van der Waals surface area contributed by atoms with Crippen LogP contribution in [0.5, 0.6) is 0 Å². The molecule has 160 valence electrons. The number of nitrogens with one attached hydrogen (secondary N) is 2. The number of oxime groups is 1. The van der Waals surface area contributed by atoms with Gasteiger partial charge in [0.2, 0.25) is 11.7 Å². The van der Waals surface area contributed by atoms with Crippen molar-refractivity contribution >= 4 is 39.0 Å². The minimum Gasteiger partial charge on any atom is -0.410 e. The summed E-state index contributed by atoms with van der Waals surface area (Å²) in [4.78, 5) is 26.3. The van der Waals surface area contributed by atoms with Crippen molar-refractivity contribution in [3.8, 4) is 0 Å². The van der Waals surface area contributed by atoms with Gasteiger partial charge in [-0.3, -0.25) is 9.59 Å². The van der Waals surface area contributed by atoms with E-state index in [0.29, 0.717) is 23.2 Å². The van der Waals surface area contributed by atoms with E-state index < -0.39 is 6.04 Å². The smallest absolute Gasteiger partial charge is 0.247 e. The molecule has 3 aromatic rings. The van der Waals surface area contributed by atoms with Crippen LogP contribution in [0.3, 0.4) is 0 Å². The molecule has 1 amide bonds. The maximum Gasteiger partial charge on any atom is 0.247 e. The van der Waals surface area contributed by atoms with Crippen LogP contribution in [0, 0.1) is 0 Å². The lowest BCUT2D eigenvalue weighted by molar-refractivity contribution is -0.117. The van der Waals surface area contributed by atoms with Gasteiger partial charge in [-0.1, -0.05) is 81.7 Å². The summed E-state index contributed by atoms with van der Waals surface area (Å²) < 4.78 is 0.841. The highest BCUT2D eigenvalue weighted by Crippen LogP contribution is 2.22. The van der Waals surface area contributed by atoms with E-state index in [9.17, 15) is 14.8 Å². The quantitative estimate of drug-likeness (QED) is 0.350. The van der Waals surface area contributed by atoms with Gasteiger partial charge in [0.1, 0.15) is 11.8 Å². The number of amides is 1. The summed E-state index contributed by atoms with van der Waals surface area (Å²) in [5, 5.41) is 18.8. The average Bonchev–Trinajstić information content (AvgIpc) is 2.81. The molecule has 1 atom stereocenters. The van der Waals surface area contributed by atoms with Crippen LogP contribution in [-0.2, 0) is 11.2 Å². The number of ketones is 1. The Morgan fingerprint density at radius 1 is 0.969 bits per heavy atom. The molecule has 32 heavy (non-hydrogen) atoms. The molecular weight excluding hydrogens is 470 g/mol. The highest BCUT2D eigenvalue weighted by Gasteiger charge is 2.28. The SMILES string of the molecule is O=C1C(N[C@H](Cc2ccccc2)C(=O)Nc2cccc(Br)c2)=C/C(=N/O)c2ccccc21. The molecule has 0 saturated heterocycles. The number of halogens is 1. The lowest BCUT2D eigenvalue weighted by atomic mass is 9.91. The van der Waals surface area contributed by atoms with E-state index in [1.807, 2.05) is 42.5 Å². The minimum absolute atomic E-state index is 0.196. The molecule has 6 nitrogen and oxygen atoms in total. The van der Waals surface area contributed by atoms with Gasteiger partial charge in [0.25, 0.3) is 0 Å². The summed E-state index contributed by atoms with van der Waals surface area (Å²) in [5.41, 5.74) is 2.99. The molecule has 1 aliphatic rings. The van der Waals surface area contributed by atoms with Crippen molar-refractivity contribution in [3.05, 3.63) is 112 Å². The molecule has 0 bridgehead atoms. The number of allylic oxidation sites excluding steroid dienone is 2. The second-order valence-electron chi connectivity index (χ2n) is 7.30. The van der Waals surface area contributed by atoms with E-state index in [1.54, 1.807) is 36.4 Å². The van der Waals surface area contributed by atoms with Crippen molar-refractivity contribution in [2.24, 2.45) is 5.16 Å². The van der Waals surface area contributed by atoms with Crippen molar-refractivity contribution in [2.45, 2.75) is 12.5 Å². The Morgan fingerprint density at radius 2 is 1.69 bits per heavy atom. The monoisotopic (exact) mass is 489 g/mol. The first-order valence-corrected chi connectivity index (χ1v) is 10.8. The van der Waals surface area contributed by atoms with E-state index >= 15 is 0 Å². The van der Waals surface area contributed by atoms with E-state index in [2.05, 4.69) is 31.7 Å². The highest BCUT2D eigenvalue weighted by atomic mass is 79.9. The molecule has 0 saturated carbocycles. The van der Waals surface area contributed by atoms with E-state index in [0.717, 1.165) is 10.0 Å². The number of anilines is 1. The number of hydrogen-bond donors (Lipinski definition) is 3. The summed E-state index contributed by atoms with van der Waals surface area (Å²) in [7, 11) is 0. The van der Waals surface area contributed by atoms with Gasteiger partial charge in [0.15, 0.2) is 0 Å². The van der Waals surface area contributed by atoms with E-state index in [1.165, 1.54) is 6.08 Å². The lowest BCUT2D eigenvalue weighted by Gasteiger charge is -2.24. The third kappa shape index (κ3) is 4.78. The lowest BCUT2D eigenvalue weighted by Crippen LogP contribution is -2.44. The summed E-state index contributed by atoms with van der Waals surface area (Å²) in [6.07, 6.45) is 1.83. The minimum atomic E-state index is -0.739. The number of carbonyl (C=O) groups excluding carboxylic acids is 2. The first kappa shape index (κ1) is 21.5. The molecule has 3 N–H and O–H groups in total. The molecule has 7 heteroatoms. The molecule has 0 radical (unpaired) electrons. The topological polar surface area (TPSA) is 90.8 Å². The van der Waals surface area contributed by atoms with Crippen LogP contribution in [0.2, 0.25) is 0 Å². The molecular formula is C25H20BrN3O3. The molecule has 0 fully saturated rings. The van der Waals surface area contributed by atoms with Crippen molar-refractivity contribution in [1.82, 2.24) is 5.32 Å². The van der Waals surface area contributed by atoms with Gasteiger partial charge in [0, 0.05) is 27.7 Å². The highest BCUT2D eigenvalue weighted by molar-refractivity contribution is 9.10. The molecule has 0 spiro atoms. The van der Waals surface area contributed by atoms with Gasteiger partial charge in [-0.2, -0.15) is 0 Å². The van der Waals surface area contributed by atoms with Crippen LogP contribution in [0.1, 0.15) is 21.5 Å². The molecule has 4 rings (SSSR count). The van der Waals surface area contributed by atoms with Crippen LogP contribution in [-0.4, -0.2) is 28.7 Å². The van der Waals surface area contributed by atoms with Crippen LogP contribution >= 0.6 is 15.9 Å². The predicted molar refractivity (Wildman–Crippen MR) is 127 cm³/mol. The van der Waals surface area contributed by atoms with Gasteiger partial charge >= 0.3 is 0 Å². The normalized spacial score (nSPS) is 15.0. The summed E-state index contributed by atoms with van der Waals surface area (Å²) >= 11 is 3.40. The standard InChI is InChI=1S/C25H20BrN3O3/c26-17-9-6-10-18(14-17)27-25(31)23(13-16-7-2-1-3-8-16)28-22-15-21(29-32)19-11-4-5-12-20(19)24(22)30/h1-12,14-15,23,28,32H,13H2,(H,27,31)/b29-21-/t23-/m1/s1. The first-order chi connectivity index (χ1) is 15.5. The van der Waals surface area contributed by atoms with Crippen molar-refractivity contribution in [2.75, 3.05) is 5.32 Å². The Kier molecular flexibility index (Phi) is 6.47. The van der Waals surface area contributed by atoms with Crippen LogP contribution in [0.25, 0.3) is 0 Å². The second-order valence-corrected chi connectivity index (χ2v) is 8.22. The van der Waals surface area contributed by atoms with Crippen molar-refractivity contribution < 1.29 is 14.8 Å². The Hall–Kier alpha value is -3.71. The van der Waals surface area contributed by atoms with Crippen LogP contribution < -0.4 is 10.6 Å². The van der Waals surface area contributed by atoms with Gasteiger partial charge in [-0.15, -0.1) is 0 Å². The summed E-state index contributed by atoms with van der Waals surface area (Å²) in [6, 6.07) is 23.0. The number of benzene rings is 3. The number of nitrogens with zero attached hydrogens (tertiary/aromatic N) is 1. The maximum absolute atomic E-state index is 13.2. The van der Waals surface area contributed by atoms with E-state index in [4.69, 9.17) is 0 Å². The zero-order valence-electron chi connectivity index (χ0n) is 17.0. The summed E-state index contributed by atoms with van der Waals surface area (Å²) in [5.74, 6) is -0.552. The van der Waals surface area contributed by atoms with Crippen molar-refractivity contribution in [3.63, 3.8) is 0 Å². The Bertz CT molecular complexity index is 1220. The maximum atomic E-state index is 13.2. The molecule has 0 aliphatic heterocycles. The van der Waals surface area contributed by atoms with E-state index in [-0.39, 0.29) is 23.1 Å². The van der Waals surface area contributed by atoms with Crippen molar-refractivity contribution in [1.29, 1.82) is 0 Å². The fourth-order valence-corrected chi connectivity index (χ4v) is 3.96. The Morgan fingerprint density at radius 3 is 2.41 bits per heavy atom.